The minimum atomic E-state index is 0.0404. The van der Waals surface area contributed by atoms with Crippen LogP contribution in [0.3, 0.4) is 0 Å². The van der Waals surface area contributed by atoms with Crippen LogP contribution < -0.4 is 0 Å². The molecule has 0 spiro atoms. The molecule has 1 atom stereocenters. The summed E-state index contributed by atoms with van der Waals surface area (Å²) in [5, 5.41) is 0. The molecule has 0 amide bonds. The van der Waals surface area contributed by atoms with Gasteiger partial charge in [0.15, 0.2) is 0 Å². The number of ketones is 1. The highest BCUT2D eigenvalue weighted by molar-refractivity contribution is 5.85. The summed E-state index contributed by atoms with van der Waals surface area (Å²) in [7, 11) is 0. The van der Waals surface area contributed by atoms with Gasteiger partial charge in [0, 0.05) is 12.3 Å². The van der Waals surface area contributed by atoms with E-state index in [0.717, 1.165) is 5.56 Å². The first-order chi connectivity index (χ1) is 6.61. The summed E-state index contributed by atoms with van der Waals surface area (Å²) in [6, 6.07) is 9.97. The summed E-state index contributed by atoms with van der Waals surface area (Å²) in [6.45, 7) is 6.14. The van der Waals surface area contributed by atoms with Crippen LogP contribution in [0.15, 0.2) is 30.3 Å². The number of hydrogen-bond donors (Lipinski definition) is 0. The smallest absolute Gasteiger partial charge is 0.140 e. The van der Waals surface area contributed by atoms with E-state index < -0.39 is 0 Å². The lowest BCUT2D eigenvalue weighted by molar-refractivity contribution is -0.120. The van der Waals surface area contributed by atoms with E-state index in [2.05, 4.69) is 13.8 Å². The van der Waals surface area contributed by atoms with Gasteiger partial charge in [-0.2, -0.15) is 0 Å². The monoisotopic (exact) mass is 190 g/mol. The van der Waals surface area contributed by atoms with Gasteiger partial charge < -0.3 is 0 Å². The van der Waals surface area contributed by atoms with Crippen LogP contribution >= 0.6 is 0 Å². The van der Waals surface area contributed by atoms with Gasteiger partial charge in [-0.05, 0) is 11.5 Å². The standard InChI is InChI=1S/C13H18O/c1-10(2)9-13(14)11(3)12-7-5-4-6-8-12/h4-8,10-11H,9H2,1-3H3/t11-/m0/s1. The highest BCUT2D eigenvalue weighted by Crippen LogP contribution is 2.19. The Bertz CT molecular complexity index is 287. The first-order valence-electron chi connectivity index (χ1n) is 5.19. The Morgan fingerprint density at radius 1 is 1.14 bits per heavy atom. The molecule has 0 fully saturated rings. The molecule has 1 heteroatoms. The Kier molecular flexibility index (Phi) is 3.87. The van der Waals surface area contributed by atoms with Crippen molar-refractivity contribution in [2.24, 2.45) is 5.92 Å². The van der Waals surface area contributed by atoms with Crippen LogP contribution in [0.4, 0.5) is 0 Å². The molecule has 14 heavy (non-hydrogen) atoms. The summed E-state index contributed by atoms with van der Waals surface area (Å²) < 4.78 is 0. The van der Waals surface area contributed by atoms with Crippen molar-refractivity contribution in [3.63, 3.8) is 0 Å². The van der Waals surface area contributed by atoms with Crippen molar-refractivity contribution in [2.45, 2.75) is 33.1 Å². The molecule has 0 aliphatic carbocycles. The molecule has 76 valence electrons. The Labute approximate surface area is 86.1 Å². The third-order valence-corrected chi connectivity index (χ3v) is 2.39. The van der Waals surface area contributed by atoms with Gasteiger partial charge in [-0.1, -0.05) is 51.1 Å². The van der Waals surface area contributed by atoms with Crippen molar-refractivity contribution in [1.82, 2.24) is 0 Å². The number of carbonyl (C=O) groups is 1. The lowest BCUT2D eigenvalue weighted by Crippen LogP contribution is -2.11. The fraction of sp³-hybridized carbons (Fsp3) is 0.462. The van der Waals surface area contributed by atoms with E-state index in [1.165, 1.54) is 0 Å². The van der Waals surface area contributed by atoms with Crippen molar-refractivity contribution in [2.75, 3.05) is 0 Å². The van der Waals surface area contributed by atoms with E-state index in [0.29, 0.717) is 18.1 Å². The normalized spacial score (nSPS) is 12.9. The van der Waals surface area contributed by atoms with Crippen molar-refractivity contribution in [3.05, 3.63) is 35.9 Å². The Balaban J connectivity index is 2.66. The molecule has 0 N–H and O–H groups in total. The first-order valence-corrected chi connectivity index (χ1v) is 5.19. The predicted molar refractivity (Wildman–Crippen MR) is 59.3 cm³/mol. The highest BCUT2D eigenvalue weighted by atomic mass is 16.1. The summed E-state index contributed by atoms with van der Waals surface area (Å²) in [6.07, 6.45) is 0.677. The van der Waals surface area contributed by atoms with Crippen LogP contribution in [0.5, 0.6) is 0 Å². The largest absolute Gasteiger partial charge is 0.299 e. The molecule has 1 aromatic carbocycles. The molecule has 0 heterocycles. The van der Waals surface area contributed by atoms with E-state index >= 15 is 0 Å². The minimum Gasteiger partial charge on any atom is -0.299 e. The zero-order valence-electron chi connectivity index (χ0n) is 9.16. The molecule has 1 nitrogen and oxygen atoms in total. The van der Waals surface area contributed by atoms with Gasteiger partial charge >= 0.3 is 0 Å². The van der Waals surface area contributed by atoms with Crippen molar-refractivity contribution in [1.29, 1.82) is 0 Å². The highest BCUT2D eigenvalue weighted by Gasteiger charge is 2.15. The minimum absolute atomic E-state index is 0.0404. The van der Waals surface area contributed by atoms with Crippen LogP contribution in [0, 0.1) is 5.92 Å². The molecule has 0 saturated heterocycles. The molecular formula is C13H18O. The topological polar surface area (TPSA) is 17.1 Å². The molecule has 0 saturated carbocycles. The summed E-state index contributed by atoms with van der Waals surface area (Å²) >= 11 is 0. The fourth-order valence-corrected chi connectivity index (χ4v) is 1.51. The molecule has 0 aliphatic rings. The summed E-state index contributed by atoms with van der Waals surface area (Å²) in [4.78, 5) is 11.8. The van der Waals surface area contributed by atoms with Crippen LogP contribution in [-0.4, -0.2) is 5.78 Å². The SMILES string of the molecule is CC(C)CC(=O)[C@@H](C)c1ccccc1. The Morgan fingerprint density at radius 2 is 1.71 bits per heavy atom. The van der Waals surface area contributed by atoms with E-state index in [1.54, 1.807) is 0 Å². The van der Waals surface area contributed by atoms with E-state index in [4.69, 9.17) is 0 Å². The molecule has 0 radical (unpaired) electrons. The third kappa shape index (κ3) is 2.99. The van der Waals surface area contributed by atoms with Crippen LogP contribution in [-0.2, 0) is 4.79 Å². The molecule has 0 aliphatic heterocycles. The lowest BCUT2D eigenvalue weighted by Gasteiger charge is -2.11. The lowest BCUT2D eigenvalue weighted by atomic mass is 9.92. The number of rotatable bonds is 4. The predicted octanol–water partition coefficient (Wildman–Crippen LogP) is 3.41. The van der Waals surface area contributed by atoms with Crippen molar-refractivity contribution < 1.29 is 4.79 Å². The zero-order valence-corrected chi connectivity index (χ0v) is 9.16. The van der Waals surface area contributed by atoms with Crippen molar-refractivity contribution in [3.8, 4) is 0 Å². The Hall–Kier alpha value is -1.11. The molecule has 0 unspecified atom stereocenters. The number of benzene rings is 1. The number of hydrogen-bond acceptors (Lipinski definition) is 1. The van der Waals surface area contributed by atoms with Gasteiger partial charge in [0.25, 0.3) is 0 Å². The van der Waals surface area contributed by atoms with E-state index in [9.17, 15) is 4.79 Å². The molecule has 0 bridgehead atoms. The van der Waals surface area contributed by atoms with Gasteiger partial charge in [0.1, 0.15) is 5.78 Å². The average Bonchev–Trinajstić information content (AvgIpc) is 2.17. The number of Topliss-reactive ketones (excluding diaryl/α,β-unsaturated/α-hetero) is 1. The molecule has 0 aromatic heterocycles. The molecule has 1 rings (SSSR count). The zero-order chi connectivity index (χ0) is 10.6. The second-order valence-corrected chi connectivity index (χ2v) is 4.20. The third-order valence-electron chi connectivity index (χ3n) is 2.39. The second kappa shape index (κ2) is 4.94. The quantitative estimate of drug-likeness (QED) is 0.711. The molecule has 1 aromatic rings. The maximum Gasteiger partial charge on any atom is 0.140 e. The van der Waals surface area contributed by atoms with Gasteiger partial charge in [0.2, 0.25) is 0 Å². The Morgan fingerprint density at radius 3 is 2.21 bits per heavy atom. The van der Waals surface area contributed by atoms with Crippen LogP contribution in [0.25, 0.3) is 0 Å². The van der Waals surface area contributed by atoms with Crippen LogP contribution in [0.1, 0.15) is 38.7 Å². The summed E-state index contributed by atoms with van der Waals surface area (Å²) in [5.41, 5.74) is 1.12. The second-order valence-electron chi connectivity index (χ2n) is 4.20. The van der Waals surface area contributed by atoms with Gasteiger partial charge in [-0.25, -0.2) is 0 Å². The van der Waals surface area contributed by atoms with Gasteiger partial charge in [-0.15, -0.1) is 0 Å². The number of carbonyl (C=O) groups excluding carboxylic acids is 1. The fourth-order valence-electron chi connectivity index (χ4n) is 1.51. The first kappa shape index (κ1) is 11.0. The summed E-state index contributed by atoms with van der Waals surface area (Å²) in [5.74, 6) is 0.832. The van der Waals surface area contributed by atoms with E-state index in [-0.39, 0.29) is 5.92 Å². The van der Waals surface area contributed by atoms with Gasteiger partial charge in [-0.3, -0.25) is 4.79 Å². The van der Waals surface area contributed by atoms with Gasteiger partial charge in [0.05, 0.1) is 0 Å². The average molecular weight is 190 g/mol. The van der Waals surface area contributed by atoms with Crippen molar-refractivity contribution >= 4 is 5.78 Å². The van der Waals surface area contributed by atoms with E-state index in [1.807, 2.05) is 37.3 Å². The van der Waals surface area contributed by atoms with Crippen LogP contribution in [0.2, 0.25) is 0 Å². The maximum absolute atomic E-state index is 11.8. The molecular weight excluding hydrogens is 172 g/mol. The maximum atomic E-state index is 11.8.